The van der Waals surface area contributed by atoms with Gasteiger partial charge in [0, 0.05) is 0 Å². The van der Waals surface area contributed by atoms with Gasteiger partial charge < -0.3 is 4.74 Å². The van der Waals surface area contributed by atoms with Gasteiger partial charge in [-0.05, 0) is 30.7 Å². The molecule has 0 radical (unpaired) electrons. The molecule has 0 aliphatic rings. The van der Waals surface area contributed by atoms with Gasteiger partial charge in [-0.1, -0.05) is 25.5 Å². The topological polar surface area (TPSA) is 26.3 Å². The second-order valence-electron chi connectivity index (χ2n) is 3.37. The molecule has 1 aromatic carbocycles. The van der Waals surface area contributed by atoms with Crippen LogP contribution in [0.1, 0.15) is 30.1 Å². The lowest BCUT2D eigenvalue weighted by molar-refractivity contribution is 0.0549. The highest BCUT2D eigenvalue weighted by atomic mass is 19.1. The Morgan fingerprint density at radius 2 is 2.00 bits per heavy atom. The third-order valence-corrected chi connectivity index (χ3v) is 2.01. The van der Waals surface area contributed by atoms with Gasteiger partial charge in [-0.2, -0.15) is 0 Å². The first-order chi connectivity index (χ1) is 7.74. The fourth-order valence-electron chi connectivity index (χ4n) is 1.15. The summed E-state index contributed by atoms with van der Waals surface area (Å²) >= 11 is 0. The molecule has 0 N–H and O–H groups in total. The Labute approximate surface area is 94.7 Å². The number of benzene rings is 1. The first kappa shape index (κ1) is 12.4. The van der Waals surface area contributed by atoms with E-state index in [2.05, 4.69) is 6.92 Å². The van der Waals surface area contributed by atoms with E-state index in [0.717, 1.165) is 12.8 Å². The van der Waals surface area contributed by atoms with Crippen molar-refractivity contribution in [1.29, 1.82) is 0 Å². The van der Waals surface area contributed by atoms with Crippen molar-refractivity contribution in [2.45, 2.75) is 19.8 Å². The third kappa shape index (κ3) is 4.26. The quantitative estimate of drug-likeness (QED) is 0.564. The number of allylic oxidation sites excluding steroid dienone is 1. The van der Waals surface area contributed by atoms with Gasteiger partial charge in [0.2, 0.25) is 0 Å². The van der Waals surface area contributed by atoms with Gasteiger partial charge in [-0.3, -0.25) is 0 Å². The van der Waals surface area contributed by atoms with E-state index < -0.39 is 5.97 Å². The Kier molecular flexibility index (Phi) is 5.26. The Balaban J connectivity index is 2.38. The zero-order valence-electron chi connectivity index (χ0n) is 9.28. The standard InChI is InChI=1S/C13H15FO2/c1-2-3-4-5-10-16-13(15)11-6-8-12(14)9-7-11/h4-9H,2-3,10H2,1H3/b5-4-. The highest BCUT2D eigenvalue weighted by Gasteiger charge is 2.05. The van der Waals surface area contributed by atoms with Gasteiger partial charge in [0.15, 0.2) is 0 Å². The summed E-state index contributed by atoms with van der Waals surface area (Å²) in [5.74, 6) is -0.791. The zero-order chi connectivity index (χ0) is 11.8. The van der Waals surface area contributed by atoms with Gasteiger partial charge in [-0.25, -0.2) is 9.18 Å². The monoisotopic (exact) mass is 222 g/mol. The lowest BCUT2D eigenvalue weighted by Gasteiger charge is -2.01. The second kappa shape index (κ2) is 6.77. The largest absolute Gasteiger partial charge is 0.458 e. The molecule has 86 valence electrons. The number of ether oxygens (including phenoxy) is 1. The molecule has 0 aromatic heterocycles. The molecule has 0 aliphatic carbocycles. The van der Waals surface area contributed by atoms with E-state index in [1.54, 1.807) is 0 Å². The molecular formula is C13H15FO2. The molecule has 0 heterocycles. The molecule has 0 atom stereocenters. The van der Waals surface area contributed by atoms with Crippen LogP contribution in [0.15, 0.2) is 36.4 Å². The number of carbonyl (C=O) groups excluding carboxylic acids is 1. The number of esters is 1. The molecular weight excluding hydrogens is 207 g/mol. The number of carbonyl (C=O) groups is 1. The van der Waals surface area contributed by atoms with Crippen molar-refractivity contribution < 1.29 is 13.9 Å². The molecule has 1 aromatic rings. The molecule has 0 bridgehead atoms. The van der Waals surface area contributed by atoms with Crippen molar-refractivity contribution in [1.82, 2.24) is 0 Å². The minimum atomic E-state index is -0.429. The Morgan fingerprint density at radius 3 is 2.62 bits per heavy atom. The van der Waals surface area contributed by atoms with Crippen LogP contribution in [-0.4, -0.2) is 12.6 Å². The van der Waals surface area contributed by atoms with Crippen LogP contribution < -0.4 is 0 Å². The average molecular weight is 222 g/mol. The summed E-state index contributed by atoms with van der Waals surface area (Å²) in [6.07, 6.45) is 5.83. The van der Waals surface area contributed by atoms with Crippen LogP contribution in [0.25, 0.3) is 0 Å². The van der Waals surface area contributed by atoms with Gasteiger partial charge in [-0.15, -0.1) is 0 Å². The fraction of sp³-hybridized carbons (Fsp3) is 0.308. The van der Waals surface area contributed by atoms with E-state index in [0.29, 0.717) is 5.56 Å². The molecule has 0 fully saturated rings. The highest BCUT2D eigenvalue weighted by Crippen LogP contribution is 2.04. The molecule has 0 spiro atoms. The van der Waals surface area contributed by atoms with E-state index in [4.69, 9.17) is 4.74 Å². The van der Waals surface area contributed by atoms with Gasteiger partial charge in [0.25, 0.3) is 0 Å². The second-order valence-corrected chi connectivity index (χ2v) is 3.37. The fourth-order valence-corrected chi connectivity index (χ4v) is 1.15. The summed E-state index contributed by atoms with van der Waals surface area (Å²) in [7, 11) is 0. The van der Waals surface area contributed by atoms with Crippen LogP contribution in [0.5, 0.6) is 0 Å². The first-order valence-corrected chi connectivity index (χ1v) is 5.31. The zero-order valence-corrected chi connectivity index (χ0v) is 9.28. The summed E-state index contributed by atoms with van der Waals surface area (Å²) in [6.45, 7) is 2.34. The minimum absolute atomic E-state index is 0.260. The highest BCUT2D eigenvalue weighted by molar-refractivity contribution is 5.89. The summed E-state index contributed by atoms with van der Waals surface area (Å²) in [5, 5.41) is 0. The lowest BCUT2D eigenvalue weighted by atomic mass is 10.2. The number of hydrogen-bond donors (Lipinski definition) is 0. The van der Waals surface area contributed by atoms with Crippen molar-refractivity contribution in [2.75, 3.05) is 6.61 Å². The van der Waals surface area contributed by atoms with Crippen LogP contribution in [0.2, 0.25) is 0 Å². The molecule has 0 saturated heterocycles. The molecule has 16 heavy (non-hydrogen) atoms. The predicted molar refractivity (Wildman–Crippen MR) is 60.7 cm³/mol. The Bertz CT molecular complexity index is 355. The van der Waals surface area contributed by atoms with Crippen molar-refractivity contribution in [3.63, 3.8) is 0 Å². The van der Waals surface area contributed by atoms with E-state index in [1.807, 2.05) is 12.2 Å². The normalized spacial score (nSPS) is 10.6. The van der Waals surface area contributed by atoms with E-state index in [9.17, 15) is 9.18 Å². The molecule has 0 saturated carbocycles. The van der Waals surface area contributed by atoms with E-state index in [-0.39, 0.29) is 12.4 Å². The van der Waals surface area contributed by atoms with E-state index >= 15 is 0 Å². The van der Waals surface area contributed by atoms with Crippen LogP contribution in [0, 0.1) is 5.82 Å². The number of hydrogen-bond acceptors (Lipinski definition) is 2. The number of halogens is 1. The van der Waals surface area contributed by atoms with Crippen molar-refractivity contribution in [2.24, 2.45) is 0 Å². The van der Waals surface area contributed by atoms with Crippen LogP contribution in [-0.2, 0) is 4.74 Å². The molecule has 0 amide bonds. The first-order valence-electron chi connectivity index (χ1n) is 5.31. The van der Waals surface area contributed by atoms with Crippen molar-refractivity contribution >= 4 is 5.97 Å². The van der Waals surface area contributed by atoms with E-state index in [1.165, 1.54) is 24.3 Å². The van der Waals surface area contributed by atoms with Gasteiger partial charge in [0.1, 0.15) is 12.4 Å². The van der Waals surface area contributed by atoms with Crippen LogP contribution in [0.4, 0.5) is 4.39 Å². The van der Waals surface area contributed by atoms with Crippen molar-refractivity contribution in [3.8, 4) is 0 Å². The maximum absolute atomic E-state index is 12.6. The van der Waals surface area contributed by atoms with Gasteiger partial charge >= 0.3 is 5.97 Å². The van der Waals surface area contributed by atoms with Crippen molar-refractivity contribution in [3.05, 3.63) is 47.8 Å². The third-order valence-electron chi connectivity index (χ3n) is 2.01. The maximum Gasteiger partial charge on any atom is 0.338 e. The SMILES string of the molecule is CCC/C=C\COC(=O)c1ccc(F)cc1. The molecule has 3 heteroatoms. The number of rotatable bonds is 5. The summed E-state index contributed by atoms with van der Waals surface area (Å²) in [5.41, 5.74) is 0.366. The van der Waals surface area contributed by atoms with Gasteiger partial charge in [0.05, 0.1) is 5.56 Å². The average Bonchev–Trinajstić information content (AvgIpc) is 2.29. The Hall–Kier alpha value is -1.64. The predicted octanol–water partition coefficient (Wildman–Crippen LogP) is 3.34. The minimum Gasteiger partial charge on any atom is -0.458 e. The molecule has 2 nitrogen and oxygen atoms in total. The summed E-state index contributed by atoms with van der Waals surface area (Å²) in [4.78, 5) is 11.4. The Morgan fingerprint density at radius 1 is 1.31 bits per heavy atom. The summed E-state index contributed by atoms with van der Waals surface area (Å²) in [6, 6.07) is 5.30. The molecule has 0 aliphatic heterocycles. The van der Waals surface area contributed by atoms with Crippen LogP contribution >= 0.6 is 0 Å². The maximum atomic E-state index is 12.6. The number of unbranched alkanes of at least 4 members (excludes halogenated alkanes) is 1. The lowest BCUT2D eigenvalue weighted by Crippen LogP contribution is -2.04. The smallest absolute Gasteiger partial charge is 0.338 e. The summed E-state index contributed by atoms with van der Waals surface area (Å²) < 4.78 is 17.5. The van der Waals surface area contributed by atoms with Crippen LogP contribution in [0.3, 0.4) is 0 Å². The molecule has 0 unspecified atom stereocenters. The molecule has 1 rings (SSSR count).